The molecular weight excluding hydrogens is 468 g/mol. The van der Waals surface area contributed by atoms with Crippen LogP contribution in [0.1, 0.15) is 30.1 Å². The van der Waals surface area contributed by atoms with Crippen molar-refractivity contribution in [2.45, 2.75) is 43.0 Å². The number of sulfonamides is 1. The van der Waals surface area contributed by atoms with Crippen molar-refractivity contribution in [2.24, 2.45) is 5.14 Å². The van der Waals surface area contributed by atoms with Crippen LogP contribution in [-0.2, 0) is 14.8 Å². The van der Waals surface area contributed by atoms with Crippen molar-refractivity contribution in [1.82, 2.24) is 0 Å². The van der Waals surface area contributed by atoms with E-state index in [1.54, 1.807) is 30.3 Å². The highest BCUT2D eigenvalue weighted by Gasteiger charge is 2.27. The Kier molecular flexibility index (Phi) is 10.2. The summed E-state index contributed by atoms with van der Waals surface area (Å²) in [7, 11) is -4.35. The number of anilines is 1. The molecular formula is C22H30N2O9S. The van der Waals surface area contributed by atoms with E-state index in [9.17, 15) is 28.5 Å². The lowest BCUT2D eigenvalue weighted by Gasteiger charge is -2.21. The van der Waals surface area contributed by atoms with Gasteiger partial charge < -0.3 is 35.2 Å². The lowest BCUT2D eigenvalue weighted by molar-refractivity contribution is -0.0925. The number of unbranched alkanes of at least 4 members (excludes halogenated alkanes) is 1. The number of hydrogen-bond acceptors (Lipinski definition) is 10. The number of rotatable bonds is 13. The molecule has 34 heavy (non-hydrogen) atoms. The third-order valence-electron chi connectivity index (χ3n) is 4.77. The van der Waals surface area contributed by atoms with Gasteiger partial charge in [0.2, 0.25) is 10.0 Å². The molecule has 0 bridgehead atoms. The predicted molar refractivity (Wildman–Crippen MR) is 123 cm³/mol. The van der Waals surface area contributed by atoms with E-state index in [4.69, 9.17) is 19.7 Å². The number of para-hydroxylation sites is 1. The van der Waals surface area contributed by atoms with E-state index in [1.807, 2.05) is 6.92 Å². The van der Waals surface area contributed by atoms with E-state index >= 15 is 0 Å². The molecule has 0 spiro atoms. The number of primary sulfonamides is 1. The zero-order valence-electron chi connectivity index (χ0n) is 18.6. The number of carbonyl (C=O) groups excluding carboxylic acids is 1. The van der Waals surface area contributed by atoms with E-state index < -0.39 is 52.4 Å². The Bertz CT molecular complexity index is 1050. The van der Waals surface area contributed by atoms with Crippen molar-refractivity contribution < 1.29 is 43.1 Å². The van der Waals surface area contributed by atoms with Crippen LogP contribution in [0.15, 0.2) is 47.4 Å². The smallest absolute Gasteiger partial charge is 0.338 e. The largest absolute Gasteiger partial charge is 0.459 e. The molecule has 188 valence electrons. The first-order valence-corrected chi connectivity index (χ1v) is 12.1. The van der Waals surface area contributed by atoms with Gasteiger partial charge in [-0.05, 0) is 30.7 Å². The first-order chi connectivity index (χ1) is 16.1. The second-order valence-corrected chi connectivity index (χ2v) is 9.03. The zero-order chi connectivity index (χ0) is 25.3. The van der Waals surface area contributed by atoms with Crippen LogP contribution in [0.3, 0.4) is 0 Å². The summed E-state index contributed by atoms with van der Waals surface area (Å²) in [5.41, 5.74) is -0.0140. The Morgan fingerprint density at radius 1 is 1.12 bits per heavy atom. The lowest BCUT2D eigenvalue weighted by Crippen LogP contribution is -2.42. The lowest BCUT2D eigenvalue weighted by atomic mass is 10.1. The Morgan fingerprint density at radius 3 is 2.38 bits per heavy atom. The summed E-state index contributed by atoms with van der Waals surface area (Å²) in [5.74, 6) is -0.761. The SMILES string of the molecule is CCCCNc1cc(C(=O)OCC(O)C(O)C(O)CO)cc(S(N)(=O)=O)c1Oc1ccccc1. The third kappa shape index (κ3) is 7.65. The maximum absolute atomic E-state index is 12.6. The topological polar surface area (TPSA) is 189 Å². The van der Waals surface area contributed by atoms with E-state index in [0.717, 1.165) is 18.9 Å². The molecule has 0 radical (unpaired) electrons. The molecule has 2 aromatic rings. The standard InChI is InChI=1S/C22H30N2O9S/c1-2-3-9-24-16-10-14(22(29)32-13-18(27)20(28)17(26)12-25)11-19(34(23,30)31)21(16)33-15-7-5-4-6-8-15/h4-8,10-11,17-18,20,24-28H,2-3,9,12-13H2,1H3,(H2,23,30,31). The predicted octanol–water partition coefficient (Wildman–Crippen LogP) is 0.570. The minimum atomic E-state index is -4.35. The molecule has 0 amide bonds. The molecule has 2 aromatic carbocycles. The summed E-state index contributed by atoms with van der Waals surface area (Å²) < 4.78 is 35.5. The fourth-order valence-electron chi connectivity index (χ4n) is 2.88. The van der Waals surface area contributed by atoms with Gasteiger partial charge in [-0.1, -0.05) is 31.5 Å². The first kappa shape index (κ1) is 27.5. The van der Waals surface area contributed by atoms with Crippen LogP contribution in [0, 0.1) is 0 Å². The molecule has 3 unspecified atom stereocenters. The van der Waals surface area contributed by atoms with Crippen molar-refractivity contribution in [3.8, 4) is 11.5 Å². The van der Waals surface area contributed by atoms with Gasteiger partial charge in [0.25, 0.3) is 0 Å². The van der Waals surface area contributed by atoms with Crippen molar-refractivity contribution in [1.29, 1.82) is 0 Å². The fraction of sp³-hybridized carbons (Fsp3) is 0.409. The van der Waals surface area contributed by atoms with Crippen molar-refractivity contribution in [2.75, 3.05) is 25.1 Å². The number of aliphatic hydroxyl groups is 4. The van der Waals surface area contributed by atoms with Crippen molar-refractivity contribution in [3.63, 3.8) is 0 Å². The van der Waals surface area contributed by atoms with Gasteiger partial charge in [0.1, 0.15) is 35.6 Å². The van der Waals surface area contributed by atoms with E-state index in [0.29, 0.717) is 12.3 Å². The highest BCUT2D eigenvalue weighted by Crippen LogP contribution is 2.37. The first-order valence-electron chi connectivity index (χ1n) is 10.6. The molecule has 12 heteroatoms. The minimum absolute atomic E-state index is 0.0946. The minimum Gasteiger partial charge on any atom is -0.459 e. The van der Waals surface area contributed by atoms with Gasteiger partial charge in [0.05, 0.1) is 17.9 Å². The summed E-state index contributed by atoms with van der Waals surface area (Å²) in [5, 5.41) is 46.2. The maximum atomic E-state index is 12.6. The van der Waals surface area contributed by atoms with Gasteiger partial charge in [0.15, 0.2) is 5.75 Å². The normalized spacial score (nSPS) is 14.2. The number of nitrogens with two attached hydrogens (primary N) is 1. The summed E-state index contributed by atoms with van der Waals surface area (Å²) in [6.45, 7) is 0.899. The van der Waals surface area contributed by atoms with Gasteiger partial charge in [-0.3, -0.25) is 0 Å². The molecule has 0 heterocycles. The summed E-state index contributed by atoms with van der Waals surface area (Å²) >= 11 is 0. The average molecular weight is 499 g/mol. The molecule has 0 aliphatic rings. The number of benzene rings is 2. The quantitative estimate of drug-likeness (QED) is 0.168. The van der Waals surface area contributed by atoms with E-state index in [2.05, 4.69) is 5.32 Å². The van der Waals surface area contributed by atoms with Crippen LogP contribution < -0.4 is 15.2 Å². The zero-order valence-corrected chi connectivity index (χ0v) is 19.4. The molecule has 2 rings (SSSR count). The highest BCUT2D eigenvalue weighted by atomic mass is 32.2. The molecule has 0 saturated carbocycles. The van der Waals surface area contributed by atoms with Gasteiger partial charge in [-0.25, -0.2) is 18.4 Å². The summed E-state index contributed by atoms with van der Waals surface area (Å²) in [4.78, 5) is 12.2. The van der Waals surface area contributed by atoms with Crippen LogP contribution in [0.2, 0.25) is 0 Å². The third-order valence-corrected chi connectivity index (χ3v) is 5.68. The molecule has 3 atom stereocenters. The Labute approximate surface area is 197 Å². The number of hydrogen-bond donors (Lipinski definition) is 6. The molecule has 0 aromatic heterocycles. The Hall–Kier alpha value is -2.74. The number of aliphatic hydroxyl groups excluding tert-OH is 4. The van der Waals surface area contributed by atoms with Crippen LogP contribution in [0.4, 0.5) is 5.69 Å². The van der Waals surface area contributed by atoms with Crippen molar-refractivity contribution in [3.05, 3.63) is 48.0 Å². The van der Waals surface area contributed by atoms with Crippen LogP contribution in [0.5, 0.6) is 11.5 Å². The number of ether oxygens (including phenoxy) is 2. The Balaban J connectivity index is 2.40. The van der Waals surface area contributed by atoms with Crippen LogP contribution in [0.25, 0.3) is 0 Å². The molecule has 11 nitrogen and oxygen atoms in total. The van der Waals surface area contributed by atoms with Crippen LogP contribution >= 0.6 is 0 Å². The number of carbonyl (C=O) groups is 1. The second-order valence-electron chi connectivity index (χ2n) is 7.50. The maximum Gasteiger partial charge on any atom is 0.338 e. The molecule has 7 N–H and O–H groups in total. The monoisotopic (exact) mass is 498 g/mol. The highest BCUT2D eigenvalue weighted by molar-refractivity contribution is 7.89. The molecule has 0 aliphatic heterocycles. The summed E-state index contributed by atoms with van der Waals surface area (Å²) in [6, 6.07) is 10.7. The number of nitrogens with one attached hydrogen (secondary N) is 1. The Morgan fingerprint density at radius 2 is 1.79 bits per heavy atom. The van der Waals surface area contributed by atoms with E-state index in [1.165, 1.54) is 6.07 Å². The van der Waals surface area contributed by atoms with Gasteiger partial charge in [-0.2, -0.15) is 0 Å². The summed E-state index contributed by atoms with van der Waals surface area (Å²) in [6.07, 6.45) is -3.48. The average Bonchev–Trinajstić information content (AvgIpc) is 2.82. The molecule has 0 saturated heterocycles. The van der Waals surface area contributed by atoms with Gasteiger partial charge in [0, 0.05) is 6.54 Å². The molecule has 0 fully saturated rings. The van der Waals surface area contributed by atoms with Crippen molar-refractivity contribution >= 4 is 21.7 Å². The molecule has 0 aliphatic carbocycles. The van der Waals surface area contributed by atoms with Gasteiger partial charge in [-0.15, -0.1) is 0 Å². The van der Waals surface area contributed by atoms with E-state index in [-0.39, 0.29) is 17.0 Å². The number of esters is 1. The van der Waals surface area contributed by atoms with Gasteiger partial charge >= 0.3 is 5.97 Å². The van der Waals surface area contributed by atoms with Crippen LogP contribution in [-0.4, -0.2) is 72.9 Å². The second kappa shape index (κ2) is 12.6. The fourth-order valence-corrected chi connectivity index (χ4v) is 3.58.